The van der Waals surface area contributed by atoms with Gasteiger partial charge in [-0.15, -0.1) is 0 Å². The molecule has 1 aromatic rings. The van der Waals surface area contributed by atoms with E-state index < -0.39 is 0 Å². The van der Waals surface area contributed by atoms with Crippen LogP contribution in [0.25, 0.3) is 0 Å². The Morgan fingerprint density at radius 1 is 1.36 bits per heavy atom. The fraction of sp³-hybridized carbons (Fsp3) is 0. The van der Waals surface area contributed by atoms with Gasteiger partial charge in [0.2, 0.25) is 0 Å². The van der Waals surface area contributed by atoms with Crippen molar-refractivity contribution in [1.29, 1.82) is 0 Å². The smallest absolute Gasteiger partial charge is 0.192 e. The monoisotopic (exact) mass is 160 g/mol. The standard InChI is InChI=1S/C5H7N5.Na/c6-5(7)10-4-3-8-1-2-9-4;/h1-3H,(H4,6,7,9,10);. The molecule has 0 atom stereocenters. The molecule has 4 N–H and O–H groups in total. The fourth-order valence-corrected chi connectivity index (χ4v) is 0.481. The van der Waals surface area contributed by atoms with Crippen LogP contribution in [0, 0.1) is 0 Å². The van der Waals surface area contributed by atoms with E-state index in [1.54, 1.807) is 6.20 Å². The van der Waals surface area contributed by atoms with Gasteiger partial charge in [0.05, 0.1) is 6.20 Å². The van der Waals surface area contributed by atoms with Gasteiger partial charge in [0.25, 0.3) is 0 Å². The molecule has 0 spiro atoms. The number of nitrogens with two attached hydrogens (primary N) is 2. The molecular formula is C5H7N5Na. The minimum absolute atomic E-state index is 0. The molecule has 0 aliphatic heterocycles. The summed E-state index contributed by atoms with van der Waals surface area (Å²) in [7, 11) is 0. The molecule has 0 saturated carbocycles. The van der Waals surface area contributed by atoms with Crippen LogP contribution < -0.4 is 11.5 Å². The summed E-state index contributed by atoms with van der Waals surface area (Å²) in [5.74, 6) is 0.406. The largest absolute Gasteiger partial charge is 0.370 e. The molecule has 6 heteroatoms. The number of guanidine groups is 1. The molecule has 1 aromatic heterocycles. The molecule has 0 saturated heterocycles. The number of hydrogen-bond donors (Lipinski definition) is 2. The van der Waals surface area contributed by atoms with E-state index >= 15 is 0 Å². The van der Waals surface area contributed by atoms with Crippen molar-refractivity contribution < 1.29 is 0 Å². The van der Waals surface area contributed by atoms with Crippen LogP contribution in [0.15, 0.2) is 23.6 Å². The van der Waals surface area contributed by atoms with Gasteiger partial charge < -0.3 is 11.5 Å². The zero-order valence-corrected chi connectivity index (χ0v) is 8.23. The Hall–Kier alpha value is -0.650. The maximum absolute atomic E-state index is 5.08. The van der Waals surface area contributed by atoms with Gasteiger partial charge in [-0.2, -0.15) is 4.99 Å². The van der Waals surface area contributed by atoms with Crippen molar-refractivity contribution in [3.05, 3.63) is 18.6 Å². The van der Waals surface area contributed by atoms with E-state index in [2.05, 4.69) is 15.0 Å². The second-order valence-electron chi connectivity index (χ2n) is 1.60. The van der Waals surface area contributed by atoms with Crippen LogP contribution in [0.1, 0.15) is 0 Å². The van der Waals surface area contributed by atoms with E-state index in [0.717, 1.165) is 0 Å². The third-order valence-electron chi connectivity index (χ3n) is 0.793. The van der Waals surface area contributed by atoms with Crippen molar-refractivity contribution in [2.24, 2.45) is 16.5 Å². The summed E-state index contributed by atoms with van der Waals surface area (Å²) >= 11 is 0. The first-order chi connectivity index (χ1) is 4.79. The summed E-state index contributed by atoms with van der Waals surface area (Å²) in [5.41, 5.74) is 10.2. The van der Waals surface area contributed by atoms with Crippen LogP contribution in [0.2, 0.25) is 0 Å². The first-order valence-electron chi connectivity index (χ1n) is 2.64. The number of hydrogen-bond acceptors (Lipinski definition) is 3. The molecule has 0 aromatic carbocycles. The predicted molar refractivity (Wildman–Crippen MR) is 43.3 cm³/mol. The van der Waals surface area contributed by atoms with Crippen LogP contribution in [-0.2, 0) is 0 Å². The number of nitrogens with zero attached hydrogens (tertiary/aromatic N) is 3. The maximum atomic E-state index is 5.08. The normalized spacial score (nSPS) is 8.00. The topological polar surface area (TPSA) is 90.2 Å². The summed E-state index contributed by atoms with van der Waals surface area (Å²) in [4.78, 5) is 11.2. The molecule has 0 amide bonds. The van der Waals surface area contributed by atoms with Gasteiger partial charge in [-0.25, -0.2) is 4.98 Å². The molecule has 53 valence electrons. The number of aliphatic imine (C=N–C) groups is 1. The average Bonchev–Trinajstić information content (AvgIpc) is 1.88. The Morgan fingerprint density at radius 2 is 2.09 bits per heavy atom. The van der Waals surface area contributed by atoms with E-state index in [0.29, 0.717) is 5.82 Å². The Morgan fingerprint density at radius 3 is 2.55 bits per heavy atom. The van der Waals surface area contributed by atoms with Crippen molar-refractivity contribution in [2.45, 2.75) is 0 Å². The summed E-state index contributed by atoms with van der Waals surface area (Å²) in [6.07, 6.45) is 4.53. The van der Waals surface area contributed by atoms with Gasteiger partial charge in [-0.1, -0.05) is 0 Å². The van der Waals surface area contributed by atoms with E-state index in [1.165, 1.54) is 12.4 Å². The van der Waals surface area contributed by atoms with Crippen molar-refractivity contribution in [3.63, 3.8) is 0 Å². The number of rotatable bonds is 1. The van der Waals surface area contributed by atoms with Crippen molar-refractivity contribution in [3.8, 4) is 0 Å². The predicted octanol–water partition coefficient (Wildman–Crippen LogP) is -0.999. The summed E-state index contributed by atoms with van der Waals surface area (Å²) < 4.78 is 0. The summed E-state index contributed by atoms with van der Waals surface area (Å²) in [5, 5.41) is 0. The molecule has 0 fully saturated rings. The minimum atomic E-state index is -0.0134. The SMILES string of the molecule is NC(N)=Nc1cnccn1.[Na]. The second-order valence-corrected chi connectivity index (χ2v) is 1.60. The third kappa shape index (κ3) is 3.92. The van der Waals surface area contributed by atoms with Gasteiger partial charge in [0.1, 0.15) is 0 Å². The van der Waals surface area contributed by atoms with Crippen molar-refractivity contribution >= 4 is 41.3 Å². The third-order valence-corrected chi connectivity index (χ3v) is 0.793. The Labute approximate surface area is 86.2 Å². The molecule has 11 heavy (non-hydrogen) atoms. The average molecular weight is 160 g/mol. The van der Waals surface area contributed by atoms with Crippen LogP contribution in [0.3, 0.4) is 0 Å². The van der Waals surface area contributed by atoms with Gasteiger partial charge in [0, 0.05) is 42.0 Å². The van der Waals surface area contributed by atoms with Gasteiger partial charge >= 0.3 is 0 Å². The maximum Gasteiger partial charge on any atom is 0.192 e. The molecule has 0 aliphatic carbocycles. The fourth-order valence-electron chi connectivity index (χ4n) is 0.481. The summed E-state index contributed by atoms with van der Waals surface area (Å²) in [6, 6.07) is 0. The van der Waals surface area contributed by atoms with E-state index in [-0.39, 0.29) is 35.5 Å². The van der Waals surface area contributed by atoms with E-state index in [1.807, 2.05) is 0 Å². The molecule has 0 bridgehead atoms. The van der Waals surface area contributed by atoms with E-state index in [9.17, 15) is 0 Å². The Balaban J connectivity index is 0.000001000. The van der Waals surface area contributed by atoms with Crippen LogP contribution in [-0.4, -0.2) is 45.5 Å². The first-order valence-corrected chi connectivity index (χ1v) is 2.64. The molecule has 1 rings (SSSR count). The minimum Gasteiger partial charge on any atom is -0.370 e. The molecular weight excluding hydrogens is 153 g/mol. The van der Waals surface area contributed by atoms with Crippen LogP contribution in [0.5, 0.6) is 0 Å². The molecule has 5 nitrogen and oxygen atoms in total. The quantitative estimate of drug-likeness (QED) is 0.313. The summed E-state index contributed by atoms with van der Waals surface area (Å²) in [6.45, 7) is 0. The molecule has 1 radical (unpaired) electrons. The van der Waals surface area contributed by atoms with Crippen LogP contribution in [0.4, 0.5) is 5.82 Å². The van der Waals surface area contributed by atoms with Gasteiger partial charge in [-0.3, -0.25) is 4.98 Å². The van der Waals surface area contributed by atoms with Gasteiger partial charge in [-0.05, 0) is 0 Å². The van der Waals surface area contributed by atoms with Crippen molar-refractivity contribution in [1.82, 2.24) is 9.97 Å². The second kappa shape index (κ2) is 5.06. The number of aromatic nitrogens is 2. The Kier molecular flexibility index (Phi) is 4.76. The zero-order chi connectivity index (χ0) is 7.40. The first kappa shape index (κ1) is 10.3. The van der Waals surface area contributed by atoms with E-state index in [4.69, 9.17) is 11.5 Å². The Bertz CT molecular complexity index is 230. The molecule has 0 unspecified atom stereocenters. The molecule has 1 heterocycles. The zero-order valence-electron chi connectivity index (χ0n) is 6.23. The van der Waals surface area contributed by atoms with Crippen LogP contribution >= 0.6 is 0 Å². The van der Waals surface area contributed by atoms with Gasteiger partial charge in [0.15, 0.2) is 11.8 Å². The molecule has 0 aliphatic rings. The van der Waals surface area contributed by atoms with Crippen molar-refractivity contribution in [2.75, 3.05) is 0 Å².